The van der Waals surface area contributed by atoms with Gasteiger partial charge in [-0.3, -0.25) is 19.5 Å². The van der Waals surface area contributed by atoms with Crippen LogP contribution in [-0.4, -0.2) is 149 Å². The highest BCUT2D eigenvalue weighted by atomic mass is 35.5. The number of halogens is 8. The highest BCUT2D eigenvalue weighted by Crippen LogP contribution is 2.40. The van der Waals surface area contributed by atoms with Crippen LogP contribution in [0, 0.1) is 13.8 Å². The molecule has 6 aliphatic rings. The lowest BCUT2D eigenvalue weighted by Crippen LogP contribution is -2.49. The predicted molar refractivity (Wildman–Crippen MR) is 485 cm³/mol. The van der Waals surface area contributed by atoms with Crippen molar-refractivity contribution in [2.24, 2.45) is 0 Å². The van der Waals surface area contributed by atoms with Crippen molar-refractivity contribution in [2.75, 3.05) is 114 Å². The second-order valence-electron chi connectivity index (χ2n) is 31.6. The molecule has 0 radical (unpaired) electrons. The van der Waals surface area contributed by atoms with Crippen LogP contribution < -0.4 is 43.1 Å². The van der Waals surface area contributed by atoms with Gasteiger partial charge in [0.25, 0.3) is 5.91 Å². The van der Waals surface area contributed by atoms with E-state index in [0.29, 0.717) is 87.3 Å². The maximum Gasteiger partial charge on any atom is 0.416 e. The van der Waals surface area contributed by atoms with E-state index in [1.807, 2.05) is 98.9 Å². The zero-order chi connectivity index (χ0) is 87.4. The van der Waals surface area contributed by atoms with Crippen molar-refractivity contribution >= 4 is 91.6 Å². The van der Waals surface area contributed by atoms with Crippen molar-refractivity contribution in [2.45, 2.75) is 85.1 Å². The van der Waals surface area contributed by atoms with E-state index in [0.717, 1.165) is 177 Å². The van der Waals surface area contributed by atoms with Gasteiger partial charge in [0.1, 0.15) is 20.7 Å². The Morgan fingerprint density at radius 1 is 0.381 bits per heavy atom. The third-order valence-electron chi connectivity index (χ3n) is 22.7. The van der Waals surface area contributed by atoms with Crippen molar-refractivity contribution in [3.8, 4) is 34.5 Å². The van der Waals surface area contributed by atoms with Crippen LogP contribution in [-0.2, 0) is 71.3 Å². The summed E-state index contributed by atoms with van der Waals surface area (Å²) >= 11 is 17.2. The lowest BCUT2D eigenvalue weighted by atomic mass is 10.1. The van der Waals surface area contributed by atoms with Gasteiger partial charge < -0.3 is 57.8 Å². The number of hydrogen-bond donors (Lipinski definition) is 0. The van der Waals surface area contributed by atoms with E-state index in [4.69, 9.17) is 61.6 Å². The second-order valence-corrected chi connectivity index (χ2v) is 35.3. The molecule has 0 bridgehead atoms. The van der Waals surface area contributed by atoms with E-state index >= 15 is 0 Å². The molecule has 12 aromatic rings. The molecule has 9 aromatic carbocycles. The van der Waals surface area contributed by atoms with Gasteiger partial charge in [-0.05, 0) is 144 Å². The number of alkyl halides is 6. The molecule has 3 aromatic heterocycles. The van der Waals surface area contributed by atoms with Gasteiger partial charge in [0, 0.05) is 150 Å². The van der Waals surface area contributed by atoms with Crippen LogP contribution in [0.25, 0.3) is 11.4 Å². The number of amides is 1. The van der Waals surface area contributed by atoms with Gasteiger partial charge in [0.05, 0.1) is 64.3 Å². The number of anilines is 3. The van der Waals surface area contributed by atoms with E-state index in [9.17, 15) is 31.1 Å². The topological polar surface area (TPSA) is 140 Å². The number of hydrogen-bond acceptors (Lipinski definition) is 21. The number of benzene rings is 9. The van der Waals surface area contributed by atoms with Crippen molar-refractivity contribution in [1.29, 1.82) is 0 Å². The Balaban J connectivity index is 0.000000139. The van der Waals surface area contributed by atoms with Crippen molar-refractivity contribution < 1.29 is 59.6 Å². The number of carbonyl (C=O) groups is 1. The Morgan fingerprint density at radius 3 is 1.22 bits per heavy atom. The maximum atomic E-state index is 13.4. The van der Waals surface area contributed by atoms with Crippen molar-refractivity contribution in [1.82, 2.24) is 44.4 Å². The van der Waals surface area contributed by atoms with Crippen molar-refractivity contribution in [3.63, 3.8) is 0 Å². The summed E-state index contributed by atoms with van der Waals surface area (Å²) in [6, 6.07) is 61.6. The Labute approximate surface area is 751 Å². The van der Waals surface area contributed by atoms with Gasteiger partial charge in [0.15, 0.2) is 34.5 Å². The number of ether oxygens (including phenoxy) is 6. The fourth-order valence-corrected chi connectivity index (χ4v) is 18.9. The lowest BCUT2D eigenvalue weighted by molar-refractivity contribution is -0.138. The molecule has 1 amide bonds. The molecule has 126 heavy (non-hydrogen) atoms. The average Bonchev–Trinajstić information content (AvgIpc) is 1.52. The van der Waals surface area contributed by atoms with E-state index < -0.39 is 23.5 Å². The van der Waals surface area contributed by atoms with Crippen LogP contribution in [0.15, 0.2) is 229 Å². The summed E-state index contributed by atoms with van der Waals surface area (Å²) in [5.41, 5.74) is 14.2. The first kappa shape index (κ1) is 88.1. The molecule has 0 aliphatic carbocycles. The first-order valence-electron chi connectivity index (χ1n) is 41.5. The molecular formula is C96H94Cl2F6N12O7S3. The van der Waals surface area contributed by atoms with Crippen molar-refractivity contribution in [3.05, 3.63) is 327 Å². The van der Waals surface area contributed by atoms with E-state index in [2.05, 4.69) is 140 Å². The monoisotopic (exact) mass is 1810 g/mol. The molecule has 0 spiro atoms. The van der Waals surface area contributed by atoms with Crippen LogP contribution in [0.3, 0.4) is 0 Å². The molecule has 6 aliphatic heterocycles. The standard InChI is InChI=1S/C33H33F3N4O2S.C32H31F3N4O3S.C31H30Cl2N4O2S/c1-23-6-8-25(9-7-23)18-38(19-26-10-11-30-31(16-26)42-22-41-30)20-32-37-29(21-43-32)24(2)39-12-14-40(15-13-39)28-5-3-4-27(17-28)33(34,35)36;1-22-5-2-3-8-27(22)38-11-13-39(14-12-38)31(40)26-20-43-30(36-26)19-37(17-23-6-4-7-25(15-23)32(33,34)35)18-24-9-10-28-29(16-24)42-21-41-28;1-22(36-12-14-37(15-13-36)28-5-3-2-4-26(28)33)27-20-40-31(34-27)19-35(17-23-6-9-25(32)10-7-23)18-24-8-11-29-30(16-24)39-21-38-29/h3-11,16-17,21H,2,12-15,18-20,22H2,1H3;2-10,15-16,20H,11-14,17-19,21H2,1H3;2-11,16,20H,1,12-15,17-19,21H2. The molecule has 0 N–H and O–H groups in total. The third kappa shape index (κ3) is 22.7. The summed E-state index contributed by atoms with van der Waals surface area (Å²) in [6.07, 6.45) is -8.78. The fourth-order valence-electron chi connectivity index (χ4n) is 16.0. The van der Waals surface area contributed by atoms with Gasteiger partial charge in [-0.1, -0.05) is 151 Å². The molecular weight excluding hydrogens is 1710 g/mol. The highest BCUT2D eigenvalue weighted by Gasteiger charge is 2.34. The van der Waals surface area contributed by atoms with E-state index in [-0.39, 0.29) is 32.8 Å². The van der Waals surface area contributed by atoms with Gasteiger partial charge in [0.2, 0.25) is 20.4 Å². The summed E-state index contributed by atoms with van der Waals surface area (Å²) in [7, 11) is 0. The maximum absolute atomic E-state index is 13.4. The zero-order valence-electron chi connectivity index (χ0n) is 69.6. The zero-order valence-corrected chi connectivity index (χ0v) is 73.6. The summed E-state index contributed by atoms with van der Waals surface area (Å²) in [6.45, 7) is 27.8. The summed E-state index contributed by atoms with van der Waals surface area (Å²) in [5.74, 6) is 4.33. The first-order chi connectivity index (χ1) is 60.9. The number of aryl methyl sites for hydroxylation is 2. The van der Waals surface area contributed by atoms with Gasteiger partial charge >= 0.3 is 12.4 Å². The summed E-state index contributed by atoms with van der Waals surface area (Å²) < 4.78 is 113. The summed E-state index contributed by atoms with van der Waals surface area (Å²) in [4.78, 5) is 47.7. The molecule has 3 fully saturated rings. The molecule has 0 unspecified atom stereocenters. The highest BCUT2D eigenvalue weighted by molar-refractivity contribution is 7.10. The molecule has 30 heteroatoms. The number of piperazine rings is 3. The average molecular weight is 1810 g/mol. The lowest BCUT2D eigenvalue weighted by Gasteiger charge is -2.38. The number of rotatable bonds is 26. The predicted octanol–water partition coefficient (Wildman–Crippen LogP) is 20.7. The van der Waals surface area contributed by atoms with Gasteiger partial charge in [-0.15, -0.1) is 34.0 Å². The number of aromatic nitrogens is 3. The molecule has 9 heterocycles. The number of para-hydroxylation sites is 2. The SMILES string of the molecule is C=C(c1csc(CN(Cc2ccc(C)cc2)Cc2ccc3c(c2)OCO3)n1)N1CCN(c2cccc(C(F)(F)F)c2)CC1.C=C(c1csc(CN(Cc2ccc(Cl)cc2)Cc2ccc3c(c2)OCO3)n1)N1CCN(c2ccccc2Cl)CC1.Cc1ccccc1N1CCN(C(=O)c2csc(CN(Cc3cccc(C(F)(F)F)c3)Cc3ccc4c(c3)OCO4)n2)CC1. The second kappa shape index (κ2) is 40.1. The van der Waals surface area contributed by atoms with Crippen LogP contribution in [0.1, 0.15) is 92.5 Å². The van der Waals surface area contributed by atoms with E-state index in [1.54, 1.807) is 40.2 Å². The van der Waals surface area contributed by atoms with Crippen LogP contribution in [0.2, 0.25) is 10.0 Å². The largest absolute Gasteiger partial charge is 0.454 e. The summed E-state index contributed by atoms with van der Waals surface area (Å²) in [5, 5.41) is 10.2. The molecule has 3 saturated heterocycles. The smallest absolute Gasteiger partial charge is 0.416 e. The minimum absolute atomic E-state index is 0.105. The Kier molecular flexibility index (Phi) is 28.0. The minimum atomic E-state index is -4.42. The molecule has 19 nitrogen and oxygen atoms in total. The Hall–Kier alpha value is -11.3. The van der Waals surface area contributed by atoms with Crippen LogP contribution >= 0.6 is 57.2 Å². The number of nitrogens with zero attached hydrogens (tertiary/aromatic N) is 12. The Morgan fingerprint density at radius 2 is 0.754 bits per heavy atom. The number of thiazole rings is 3. The quantitative estimate of drug-likeness (QED) is 0.0474. The molecule has 654 valence electrons. The molecule has 18 rings (SSSR count). The molecule has 0 saturated carbocycles. The van der Waals surface area contributed by atoms with Crippen LogP contribution in [0.4, 0.5) is 43.4 Å². The van der Waals surface area contributed by atoms with Crippen LogP contribution in [0.5, 0.6) is 34.5 Å². The van der Waals surface area contributed by atoms with Gasteiger partial charge in [-0.25, -0.2) is 15.0 Å². The Bertz CT molecular complexity index is 5780. The first-order valence-corrected chi connectivity index (χ1v) is 44.9. The normalized spacial score (nSPS) is 14.8. The number of fused-ring (bicyclic) bond motifs is 3. The molecule has 0 atom stereocenters. The van der Waals surface area contributed by atoms with Gasteiger partial charge in [-0.2, -0.15) is 26.3 Å². The fraction of sp³-hybridized carbons (Fsp3) is 0.292. The minimum Gasteiger partial charge on any atom is -0.454 e. The third-order valence-corrected chi connectivity index (χ3v) is 25.7. The number of carbonyl (C=O) groups excluding carboxylic acids is 1. The van der Waals surface area contributed by atoms with E-state index in [1.165, 1.54) is 63.5 Å².